The molecule has 100 valence electrons. The summed E-state index contributed by atoms with van der Waals surface area (Å²) < 4.78 is 0. The van der Waals surface area contributed by atoms with E-state index in [2.05, 4.69) is 18.7 Å². The third-order valence-electron chi connectivity index (χ3n) is 3.74. The van der Waals surface area contributed by atoms with Crippen LogP contribution in [0.1, 0.15) is 40.0 Å². The standard InChI is InChI=1S/C13H27N3O/c1-10(2)15(4)9-13(17)16-8-6-5-7-12(16)11(3)14/h10-12H,5-9,14H2,1-4H3. The smallest absolute Gasteiger partial charge is 0.237 e. The Labute approximate surface area is 105 Å². The molecule has 2 unspecified atom stereocenters. The number of nitrogens with zero attached hydrogens (tertiary/aromatic N) is 2. The summed E-state index contributed by atoms with van der Waals surface area (Å²) >= 11 is 0. The maximum atomic E-state index is 12.3. The van der Waals surface area contributed by atoms with Gasteiger partial charge in [0.25, 0.3) is 0 Å². The van der Waals surface area contributed by atoms with Crippen molar-refractivity contribution in [1.82, 2.24) is 9.80 Å². The third-order valence-corrected chi connectivity index (χ3v) is 3.74. The highest BCUT2D eigenvalue weighted by Gasteiger charge is 2.29. The van der Waals surface area contributed by atoms with Crippen LogP contribution in [0.3, 0.4) is 0 Å². The Morgan fingerprint density at radius 2 is 2.06 bits per heavy atom. The molecule has 1 aliphatic heterocycles. The van der Waals surface area contributed by atoms with Crippen molar-refractivity contribution in [2.75, 3.05) is 20.1 Å². The highest BCUT2D eigenvalue weighted by atomic mass is 16.2. The Bertz CT molecular complexity index is 253. The molecule has 17 heavy (non-hydrogen) atoms. The molecule has 2 atom stereocenters. The molecule has 1 amide bonds. The number of hydrogen-bond donors (Lipinski definition) is 1. The average molecular weight is 241 g/mol. The first-order chi connectivity index (χ1) is 7.93. The molecule has 0 aromatic carbocycles. The fourth-order valence-corrected chi connectivity index (χ4v) is 2.30. The molecule has 0 aliphatic carbocycles. The summed E-state index contributed by atoms with van der Waals surface area (Å²) in [5.74, 6) is 0.225. The van der Waals surface area contributed by atoms with Crippen LogP contribution >= 0.6 is 0 Å². The first kappa shape index (κ1) is 14.5. The molecule has 0 radical (unpaired) electrons. The van der Waals surface area contributed by atoms with Gasteiger partial charge in [-0.25, -0.2) is 0 Å². The van der Waals surface area contributed by atoms with Gasteiger partial charge >= 0.3 is 0 Å². The van der Waals surface area contributed by atoms with E-state index in [-0.39, 0.29) is 18.0 Å². The van der Waals surface area contributed by atoms with Crippen molar-refractivity contribution < 1.29 is 4.79 Å². The number of likely N-dealkylation sites (tertiary alicyclic amines) is 1. The van der Waals surface area contributed by atoms with Crippen LogP contribution < -0.4 is 5.73 Å². The van der Waals surface area contributed by atoms with Gasteiger partial charge in [-0.05, 0) is 47.1 Å². The van der Waals surface area contributed by atoms with Gasteiger partial charge in [0.2, 0.25) is 5.91 Å². The molecule has 0 bridgehead atoms. The monoisotopic (exact) mass is 241 g/mol. The summed E-state index contributed by atoms with van der Waals surface area (Å²) in [7, 11) is 1.99. The Morgan fingerprint density at radius 3 is 2.59 bits per heavy atom. The first-order valence-electron chi connectivity index (χ1n) is 6.68. The van der Waals surface area contributed by atoms with E-state index in [0.29, 0.717) is 12.6 Å². The van der Waals surface area contributed by atoms with E-state index >= 15 is 0 Å². The van der Waals surface area contributed by atoms with Gasteiger partial charge in [0, 0.05) is 24.7 Å². The van der Waals surface area contributed by atoms with Crippen molar-refractivity contribution in [1.29, 1.82) is 0 Å². The summed E-state index contributed by atoms with van der Waals surface area (Å²) in [6.45, 7) is 7.58. The zero-order chi connectivity index (χ0) is 13.0. The number of hydrogen-bond acceptors (Lipinski definition) is 3. The van der Waals surface area contributed by atoms with Crippen molar-refractivity contribution in [2.24, 2.45) is 5.73 Å². The molecular weight excluding hydrogens is 214 g/mol. The zero-order valence-corrected chi connectivity index (χ0v) is 11.6. The van der Waals surface area contributed by atoms with Crippen LogP contribution in [0, 0.1) is 0 Å². The number of piperidine rings is 1. The van der Waals surface area contributed by atoms with Crippen LogP contribution in [0.25, 0.3) is 0 Å². The Kier molecular flexibility index (Phi) is 5.40. The zero-order valence-electron chi connectivity index (χ0n) is 11.6. The molecule has 1 rings (SSSR count). The van der Waals surface area contributed by atoms with E-state index in [0.717, 1.165) is 19.4 Å². The van der Waals surface area contributed by atoms with Gasteiger partial charge in [-0.2, -0.15) is 0 Å². The number of amides is 1. The number of carbonyl (C=O) groups is 1. The summed E-state index contributed by atoms with van der Waals surface area (Å²) in [5, 5.41) is 0. The summed E-state index contributed by atoms with van der Waals surface area (Å²) in [6.07, 6.45) is 3.35. The van der Waals surface area contributed by atoms with Gasteiger partial charge < -0.3 is 10.6 Å². The van der Waals surface area contributed by atoms with Crippen molar-refractivity contribution in [3.8, 4) is 0 Å². The quantitative estimate of drug-likeness (QED) is 0.800. The lowest BCUT2D eigenvalue weighted by Gasteiger charge is -2.39. The van der Waals surface area contributed by atoms with E-state index in [1.54, 1.807) is 0 Å². The lowest BCUT2D eigenvalue weighted by molar-refractivity contribution is -0.136. The van der Waals surface area contributed by atoms with Crippen LogP contribution in [0.15, 0.2) is 0 Å². The predicted octanol–water partition coefficient (Wildman–Crippen LogP) is 1.05. The Hall–Kier alpha value is -0.610. The third kappa shape index (κ3) is 3.96. The van der Waals surface area contributed by atoms with E-state index < -0.39 is 0 Å². The van der Waals surface area contributed by atoms with Crippen LogP contribution in [0.5, 0.6) is 0 Å². The molecule has 0 aromatic heterocycles. The van der Waals surface area contributed by atoms with Crippen molar-refractivity contribution in [3.05, 3.63) is 0 Å². The number of carbonyl (C=O) groups excluding carboxylic acids is 1. The van der Waals surface area contributed by atoms with Gasteiger partial charge in [-0.15, -0.1) is 0 Å². The maximum absolute atomic E-state index is 12.3. The number of rotatable bonds is 4. The average Bonchev–Trinajstić information content (AvgIpc) is 2.28. The molecular formula is C13H27N3O. The van der Waals surface area contributed by atoms with Gasteiger partial charge in [0.15, 0.2) is 0 Å². The number of likely N-dealkylation sites (N-methyl/N-ethyl adjacent to an activating group) is 1. The van der Waals surface area contributed by atoms with Crippen LogP contribution in [-0.2, 0) is 4.79 Å². The summed E-state index contributed by atoms with van der Waals surface area (Å²) in [4.78, 5) is 16.3. The largest absolute Gasteiger partial charge is 0.337 e. The minimum Gasteiger partial charge on any atom is -0.337 e. The second-order valence-corrected chi connectivity index (χ2v) is 5.52. The highest BCUT2D eigenvalue weighted by Crippen LogP contribution is 2.19. The van der Waals surface area contributed by atoms with Crippen LogP contribution in [-0.4, -0.2) is 54.0 Å². The lowest BCUT2D eigenvalue weighted by Crippen LogP contribution is -2.54. The Balaban J connectivity index is 2.59. The highest BCUT2D eigenvalue weighted by molar-refractivity contribution is 5.78. The predicted molar refractivity (Wildman–Crippen MR) is 70.8 cm³/mol. The molecule has 1 fully saturated rings. The maximum Gasteiger partial charge on any atom is 0.237 e. The molecule has 1 aliphatic rings. The molecule has 1 saturated heterocycles. The Morgan fingerprint density at radius 1 is 1.41 bits per heavy atom. The lowest BCUT2D eigenvalue weighted by atomic mass is 9.97. The SMILES string of the molecule is CC(N)C1CCCCN1C(=O)CN(C)C(C)C. The molecule has 4 nitrogen and oxygen atoms in total. The van der Waals surface area contributed by atoms with E-state index in [9.17, 15) is 4.79 Å². The summed E-state index contributed by atoms with van der Waals surface area (Å²) in [6, 6.07) is 0.706. The van der Waals surface area contributed by atoms with E-state index in [4.69, 9.17) is 5.73 Å². The van der Waals surface area contributed by atoms with Crippen molar-refractivity contribution >= 4 is 5.91 Å². The molecule has 2 N–H and O–H groups in total. The molecule has 0 spiro atoms. The molecule has 1 heterocycles. The van der Waals surface area contributed by atoms with Gasteiger partial charge in [-0.3, -0.25) is 9.69 Å². The van der Waals surface area contributed by atoms with Crippen LogP contribution in [0.2, 0.25) is 0 Å². The minimum atomic E-state index is 0.0728. The molecule has 0 aromatic rings. The van der Waals surface area contributed by atoms with Crippen LogP contribution in [0.4, 0.5) is 0 Å². The second kappa shape index (κ2) is 6.36. The van der Waals surface area contributed by atoms with Gasteiger partial charge in [0.05, 0.1) is 6.54 Å². The normalized spacial score (nSPS) is 23.2. The first-order valence-corrected chi connectivity index (χ1v) is 6.68. The summed E-state index contributed by atoms with van der Waals surface area (Å²) in [5.41, 5.74) is 5.98. The second-order valence-electron chi connectivity index (χ2n) is 5.52. The number of nitrogens with two attached hydrogens (primary N) is 1. The van der Waals surface area contributed by atoms with Crippen molar-refractivity contribution in [3.63, 3.8) is 0 Å². The molecule has 0 saturated carbocycles. The van der Waals surface area contributed by atoms with Gasteiger partial charge in [0.1, 0.15) is 0 Å². The van der Waals surface area contributed by atoms with Crippen molar-refractivity contribution in [2.45, 2.75) is 58.2 Å². The van der Waals surface area contributed by atoms with E-state index in [1.807, 2.05) is 18.9 Å². The minimum absolute atomic E-state index is 0.0728. The van der Waals surface area contributed by atoms with Gasteiger partial charge in [-0.1, -0.05) is 0 Å². The fraction of sp³-hybridized carbons (Fsp3) is 0.923. The van der Waals surface area contributed by atoms with E-state index in [1.165, 1.54) is 6.42 Å². The molecule has 4 heteroatoms. The fourth-order valence-electron chi connectivity index (χ4n) is 2.30. The topological polar surface area (TPSA) is 49.6 Å².